The van der Waals surface area contributed by atoms with Gasteiger partial charge in [0.05, 0.1) is 6.10 Å². The summed E-state index contributed by atoms with van der Waals surface area (Å²) < 4.78 is 6.13. The molecule has 0 radical (unpaired) electrons. The number of piperidine rings is 1. The van der Waals surface area contributed by atoms with E-state index in [4.69, 9.17) is 4.74 Å². The predicted molar refractivity (Wildman–Crippen MR) is 92.5 cm³/mol. The van der Waals surface area contributed by atoms with Crippen molar-refractivity contribution < 1.29 is 9.53 Å². The molecule has 1 N–H and O–H groups in total. The average molecular weight is 333 g/mol. The zero-order valence-electron chi connectivity index (χ0n) is 14.2. The lowest BCUT2D eigenvalue weighted by Crippen LogP contribution is -2.46. The summed E-state index contributed by atoms with van der Waals surface area (Å²) in [5.41, 5.74) is 0. The van der Waals surface area contributed by atoms with E-state index in [2.05, 4.69) is 12.2 Å². The van der Waals surface area contributed by atoms with Crippen molar-refractivity contribution in [2.45, 2.75) is 70.5 Å². The Balaban J connectivity index is 0.00000242. The number of hydrogen-bond donors (Lipinski definition) is 1. The molecule has 1 heterocycles. The Morgan fingerprint density at radius 1 is 1.18 bits per heavy atom. The van der Waals surface area contributed by atoms with Crippen LogP contribution in [0.4, 0.5) is 0 Å². The molecule has 5 heteroatoms. The van der Waals surface area contributed by atoms with Gasteiger partial charge in [-0.25, -0.2) is 0 Å². The molecular formula is C17H33ClN2O2. The van der Waals surface area contributed by atoms with Crippen molar-refractivity contribution >= 4 is 18.3 Å². The lowest BCUT2D eigenvalue weighted by molar-refractivity contribution is -0.150. The van der Waals surface area contributed by atoms with E-state index in [9.17, 15) is 4.79 Å². The first-order valence-corrected chi connectivity index (χ1v) is 8.83. The molecule has 1 saturated heterocycles. The van der Waals surface area contributed by atoms with Gasteiger partial charge in [-0.2, -0.15) is 0 Å². The first-order chi connectivity index (χ1) is 10.2. The Morgan fingerprint density at radius 3 is 2.36 bits per heavy atom. The number of nitrogens with one attached hydrogen (secondary N) is 1. The van der Waals surface area contributed by atoms with Gasteiger partial charge in [0.1, 0.15) is 6.10 Å². The molecule has 22 heavy (non-hydrogen) atoms. The second-order valence-corrected chi connectivity index (χ2v) is 6.62. The molecule has 2 aliphatic rings. The summed E-state index contributed by atoms with van der Waals surface area (Å²) in [4.78, 5) is 14.7. The summed E-state index contributed by atoms with van der Waals surface area (Å²) in [6.45, 7) is 4.93. The number of ether oxygens (including phenoxy) is 1. The van der Waals surface area contributed by atoms with Gasteiger partial charge in [-0.1, -0.05) is 26.2 Å². The van der Waals surface area contributed by atoms with E-state index in [0.29, 0.717) is 6.10 Å². The summed E-state index contributed by atoms with van der Waals surface area (Å²) in [5, 5.41) is 3.24. The molecule has 2 fully saturated rings. The Hall–Kier alpha value is -0.320. The minimum Gasteiger partial charge on any atom is -0.365 e. The van der Waals surface area contributed by atoms with Crippen molar-refractivity contribution in [2.75, 3.05) is 26.7 Å². The second kappa shape index (κ2) is 10.5. The lowest BCUT2D eigenvalue weighted by atomic mass is 9.96. The average Bonchev–Trinajstić information content (AvgIpc) is 2.54. The number of carbonyl (C=O) groups is 1. The molecule has 0 bridgehead atoms. The van der Waals surface area contributed by atoms with Crippen LogP contribution in [-0.4, -0.2) is 49.7 Å². The molecule has 1 aliphatic heterocycles. The standard InChI is InChI=1S/C17H32N2O2.ClH/c1-3-16(21-15-7-5-4-6-8-15)17(20)19-11-9-14(10-12-19)13-18-2;/h14-16,18H,3-13H2,1-2H3;1H. The fourth-order valence-corrected chi connectivity index (χ4v) is 3.61. The maximum Gasteiger partial charge on any atom is 0.251 e. The van der Waals surface area contributed by atoms with E-state index < -0.39 is 0 Å². The van der Waals surface area contributed by atoms with Crippen LogP contribution >= 0.6 is 12.4 Å². The third kappa shape index (κ3) is 5.71. The van der Waals surface area contributed by atoms with Gasteiger partial charge in [0, 0.05) is 13.1 Å². The maximum atomic E-state index is 12.7. The molecule has 1 aliphatic carbocycles. The monoisotopic (exact) mass is 332 g/mol. The number of hydrogen-bond acceptors (Lipinski definition) is 3. The van der Waals surface area contributed by atoms with Crippen molar-refractivity contribution in [2.24, 2.45) is 5.92 Å². The van der Waals surface area contributed by atoms with E-state index in [-0.39, 0.29) is 24.4 Å². The molecule has 1 atom stereocenters. The molecule has 130 valence electrons. The zero-order chi connectivity index (χ0) is 15.1. The first kappa shape index (κ1) is 19.7. The van der Waals surface area contributed by atoms with Crippen molar-refractivity contribution in [1.29, 1.82) is 0 Å². The van der Waals surface area contributed by atoms with Crippen LogP contribution in [0.2, 0.25) is 0 Å². The van der Waals surface area contributed by atoms with E-state index in [1.807, 2.05) is 11.9 Å². The fraction of sp³-hybridized carbons (Fsp3) is 0.941. The van der Waals surface area contributed by atoms with Crippen LogP contribution in [-0.2, 0) is 9.53 Å². The molecule has 2 rings (SSSR count). The van der Waals surface area contributed by atoms with Crippen LogP contribution < -0.4 is 5.32 Å². The summed E-state index contributed by atoms with van der Waals surface area (Å²) >= 11 is 0. The summed E-state index contributed by atoms with van der Waals surface area (Å²) in [5.74, 6) is 0.948. The normalized spacial score (nSPS) is 22.2. The highest BCUT2D eigenvalue weighted by Crippen LogP contribution is 2.24. The van der Waals surface area contributed by atoms with Crippen molar-refractivity contribution in [1.82, 2.24) is 10.2 Å². The first-order valence-electron chi connectivity index (χ1n) is 8.83. The Morgan fingerprint density at radius 2 is 1.82 bits per heavy atom. The smallest absolute Gasteiger partial charge is 0.251 e. The molecule has 0 aromatic heterocycles. The van der Waals surface area contributed by atoms with E-state index in [1.165, 1.54) is 19.3 Å². The van der Waals surface area contributed by atoms with Gasteiger partial charge in [-0.3, -0.25) is 4.79 Å². The quantitative estimate of drug-likeness (QED) is 0.813. The van der Waals surface area contributed by atoms with Gasteiger partial charge in [-0.15, -0.1) is 12.4 Å². The number of carbonyl (C=O) groups excluding carboxylic acids is 1. The number of rotatable bonds is 6. The number of nitrogens with zero attached hydrogens (tertiary/aromatic N) is 1. The van der Waals surface area contributed by atoms with Crippen molar-refractivity contribution in [3.63, 3.8) is 0 Å². The van der Waals surface area contributed by atoms with Gasteiger partial charge in [0.2, 0.25) is 0 Å². The molecule has 1 amide bonds. The predicted octanol–water partition coefficient (Wildman–Crippen LogP) is 2.99. The zero-order valence-corrected chi connectivity index (χ0v) is 15.0. The van der Waals surface area contributed by atoms with Crippen LogP contribution in [0.1, 0.15) is 58.3 Å². The molecule has 1 unspecified atom stereocenters. The largest absolute Gasteiger partial charge is 0.365 e. The van der Waals surface area contributed by atoms with Crippen LogP contribution in [0, 0.1) is 5.92 Å². The number of halogens is 1. The van der Waals surface area contributed by atoms with Crippen molar-refractivity contribution in [3.8, 4) is 0 Å². The molecule has 0 spiro atoms. The highest BCUT2D eigenvalue weighted by atomic mass is 35.5. The minimum atomic E-state index is -0.214. The molecule has 0 aromatic rings. The molecule has 4 nitrogen and oxygen atoms in total. The summed E-state index contributed by atoms with van der Waals surface area (Å²) in [7, 11) is 2.00. The Kier molecular flexibility index (Phi) is 9.37. The summed E-state index contributed by atoms with van der Waals surface area (Å²) in [6, 6.07) is 0. The Labute approximate surface area is 141 Å². The SMILES string of the molecule is CCC(OC1CCCCC1)C(=O)N1CCC(CNC)CC1.Cl. The van der Waals surface area contributed by atoms with Gasteiger partial charge < -0.3 is 15.0 Å². The van der Waals surface area contributed by atoms with Gasteiger partial charge in [0.25, 0.3) is 5.91 Å². The molecule has 1 saturated carbocycles. The van der Waals surface area contributed by atoms with E-state index in [1.54, 1.807) is 0 Å². The lowest BCUT2D eigenvalue weighted by Gasteiger charge is -2.35. The van der Waals surface area contributed by atoms with E-state index >= 15 is 0 Å². The molecule has 0 aromatic carbocycles. The Bertz CT molecular complexity index is 314. The van der Waals surface area contributed by atoms with Crippen molar-refractivity contribution in [3.05, 3.63) is 0 Å². The number of likely N-dealkylation sites (tertiary alicyclic amines) is 1. The highest BCUT2D eigenvalue weighted by molar-refractivity contribution is 5.85. The van der Waals surface area contributed by atoms with Gasteiger partial charge >= 0.3 is 0 Å². The third-order valence-corrected chi connectivity index (χ3v) is 4.97. The molecular weight excluding hydrogens is 300 g/mol. The number of amides is 1. The van der Waals surface area contributed by atoms with Crippen LogP contribution in [0.5, 0.6) is 0 Å². The maximum absolute atomic E-state index is 12.7. The van der Waals surface area contributed by atoms with Gasteiger partial charge in [-0.05, 0) is 51.6 Å². The van der Waals surface area contributed by atoms with Crippen LogP contribution in [0.25, 0.3) is 0 Å². The third-order valence-electron chi connectivity index (χ3n) is 4.97. The fourth-order valence-electron chi connectivity index (χ4n) is 3.61. The van der Waals surface area contributed by atoms with E-state index in [0.717, 1.165) is 57.7 Å². The topological polar surface area (TPSA) is 41.6 Å². The minimum absolute atomic E-state index is 0. The van der Waals surface area contributed by atoms with Gasteiger partial charge in [0.15, 0.2) is 0 Å². The van der Waals surface area contributed by atoms with Crippen LogP contribution in [0.15, 0.2) is 0 Å². The van der Waals surface area contributed by atoms with Crippen LogP contribution in [0.3, 0.4) is 0 Å². The summed E-state index contributed by atoms with van der Waals surface area (Å²) in [6.07, 6.45) is 9.23. The highest BCUT2D eigenvalue weighted by Gasteiger charge is 2.29. The second-order valence-electron chi connectivity index (χ2n) is 6.62.